The standard InChI is InChI=1S/C15H22N2O2S/c1-13-6-8-17(9-7-13)10-11-20(18,19)15-4-2-14(12-16)3-5-15/h2-6H,7-12,16H2,1H3. The molecule has 0 atom stereocenters. The van der Waals surface area contributed by atoms with Crippen LogP contribution in [0.5, 0.6) is 0 Å². The molecule has 20 heavy (non-hydrogen) atoms. The molecule has 0 aromatic heterocycles. The van der Waals surface area contributed by atoms with Crippen molar-refractivity contribution >= 4 is 9.84 Å². The third-order valence-electron chi connectivity index (χ3n) is 3.71. The number of rotatable bonds is 5. The highest BCUT2D eigenvalue weighted by atomic mass is 32.2. The molecular formula is C15H22N2O2S. The Hall–Kier alpha value is -1.17. The van der Waals surface area contributed by atoms with Crippen molar-refractivity contribution in [2.75, 3.05) is 25.4 Å². The van der Waals surface area contributed by atoms with Crippen molar-refractivity contribution < 1.29 is 8.42 Å². The van der Waals surface area contributed by atoms with Crippen LogP contribution in [0.15, 0.2) is 40.8 Å². The summed E-state index contributed by atoms with van der Waals surface area (Å²) >= 11 is 0. The van der Waals surface area contributed by atoms with Crippen molar-refractivity contribution in [3.8, 4) is 0 Å². The van der Waals surface area contributed by atoms with E-state index in [0.29, 0.717) is 18.0 Å². The first-order valence-electron chi connectivity index (χ1n) is 6.91. The molecular weight excluding hydrogens is 272 g/mol. The van der Waals surface area contributed by atoms with Crippen molar-refractivity contribution in [1.82, 2.24) is 4.90 Å². The summed E-state index contributed by atoms with van der Waals surface area (Å²) in [6, 6.07) is 6.86. The Balaban J connectivity index is 1.96. The van der Waals surface area contributed by atoms with E-state index in [2.05, 4.69) is 17.9 Å². The maximum atomic E-state index is 12.3. The predicted octanol–water partition coefficient (Wildman–Crippen LogP) is 1.57. The van der Waals surface area contributed by atoms with E-state index in [4.69, 9.17) is 5.73 Å². The zero-order chi connectivity index (χ0) is 14.6. The van der Waals surface area contributed by atoms with Crippen LogP contribution in [0, 0.1) is 0 Å². The number of sulfone groups is 1. The van der Waals surface area contributed by atoms with Crippen LogP contribution in [0.3, 0.4) is 0 Å². The zero-order valence-electron chi connectivity index (χ0n) is 11.9. The lowest BCUT2D eigenvalue weighted by atomic mass is 10.1. The van der Waals surface area contributed by atoms with E-state index in [1.165, 1.54) is 5.57 Å². The fourth-order valence-corrected chi connectivity index (χ4v) is 3.50. The third kappa shape index (κ3) is 3.91. The molecule has 5 heteroatoms. The monoisotopic (exact) mass is 294 g/mol. The van der Waals surface area contributed by atoms with Gasteiger partial charge in [-0.15, -0.1) is 0 Å². The Kier molecular flexibility index (Phi) is 4.96. The minimum Gasteiger partial charge on any atom is -0.326 e. The fourth-order valence-electron chi connectivity index (χ4n) is 2.22. The molecule has 1 heterocycles. The normalized spacial score (nSPS) is 17.0. The molecule has 1 aliphatic rings. The molecule has 0 spiro atoms. The lowest BCUT2D eigenvalue weighted by Crippen LogP contribution is -2.33. The molecule has 0 bridgehead atoms. The van der Waals surface area contributed by atoms with Crippen LogP contribution in [0.1, 0.15) is 18.9 Å². The van der Waals surface area contributed by atoms with Crippen molar-refractivity contribution in [2.45, 2.75) is 24.8 Å². The van der Waals surface area contributed by atoms with Gasteiger partial charge in [-0.1, -0.05) is 23.8 Å². The molecule has 0 saturated heterocycles. The molecule has 1 aromatic rings. The van der Waals surface area contributed by atoms with Gasteiger partial charge in [-0.05, 0) is 31.0 Å². The molecule has 2 rings (SSSR count). The SMILES string of the molecule is CC1=CCN(CCS(=O)(=O)c2ccc(CN)cc2)CC1. The van der Waals surface area contributed by atoms with Crippen LogP contribution in [0.25, 0.3) is 0 Å². The molecule has 4 nitrogen and oxygen atoms in total. The van der Waals surface area contributed by atoms with E-state index in [-0.39, 0.29) is 5.75 Å². The lowest BCUT2D eigenvalue weighted by Gasteiger charge is -2.24. The van der Waals surface area contributed by atoms with Gasteiger partial charge in [0.25, 0.3) is 0 Å². The average Bonchev–Trinajstić information content (AvgIpc) is 2.47. The first-order valence-corrected chi connectivity index (χ1v) is 8.56. The second-order valence-electron chi connectivity index (χ2n) is 5.27. The van der Waals surface area contributed by atoms with Gasteiger partial charge in [0.2, 0.25) is 0 Å². The molecule has 0 saturated carbocycles. The number of hydrogen-bond donors (Lipinski definition) is 1. The number of hydrogen-bond acceptors (Lipinski definition) is 4. The maximum Gasteiger partial charge on any atom is 0.179 e. The first kappa shape index (κ1) is 15.2. The zero-order valence-corrected chi connectivity index (χ0v) is 12.7. The summed E-state index contributed by atoms with van der Waals surface area (Å²) in [5.41, 5.74) is 7.85. The first-order chi connectivity index (χ1) is 9.51. The highest BCUT2D eigenvalue weighted by molar-refractivity contribution is 7.91. The summed E-state index contributed by atoms with van der Waals surface area (Å²) in [5.74, 6) is 0.169. The molecule has 1 aromatic carbocycles. The van der Waals surface area contributed by atoms with E-state index in [0.717, 1.165) is 25.1 Å². The van der Waals surface area contributed by atoms with Gasteiger partial charge < -0.3 is 5.73 Å². The van der Waals surface area contributed by atoms with E-state index in [9.17, 15) is 8.42 Å². The van der Waals surface area contributed by atoms with Crippen LogP contribution in [0.4, 0.5) is 0 Å². The molecule has 0 unspecified atom stereocenters. The number of benzene rings is 1. The van der Waals surface area contributed by atoms with Crippen LogP contribution in [-0.2, 0) is 16.4 Å². The molecule has 0 radical (unpaired) electrons. The number of nitrogens with zero attached hydrogens (tertiary/aromatic N) is 1. The second kappa shape index (κ2) is 6.52. The van der Waals surface area contributed by atoms with Crippen molar-refractivity contribution in [2.24, 2.45) is 5.73 Å². The molecule has 2 N–H and O–H groups in total. The summed E-state index contributed by atoms with van der Waals surface area (Å²) in [7, 11) is -3.20. The molecule has 0 aliphatic carbocycles. The maximum absolute atomic E-state index is 12.3. The van der Waals surface area contributed by atoms with Crippen LogP contribution >= 0.6 is 0 Å². The third-order valence-corrected chi connectivity index (χ3v) is 5.43. The van der Waals surface area contributed by atoms with E-state index >= 15 is 0 Å². The van der Waals surface area contributed by atoms with Gasteiger partial charge in [-0.25, -0.2) is 8.42 Å². The fraction of sp³-hybridized carbons (Fsp3) is 0.467. The molecule has 1 aliphatic heterocycles. The van der Waals surface area contributed by atoms with Gasteiger partial charge in [-0.2, -0.15) is 0 Å². The minimum absolute atomic E-state index is 0.169. The highest BCUT2D eigenvalue weighted by Gasteiger charge is 2.17. The van der Waals surface area contributed by atoms with Gasteiger partial charge in [0.15, 0.2) is 9.84 Å². The van der Waals surface area contributed by atoms with E-state index in [1.54, 1.807) is 24.3 Å². The summed E-state index contributed by atoms with van der Waals surface area (Å²) in [6.07, 6.45) is 3.21. The van der Waals surface area contributed by atoms with E-state index in [1.807, 2.05) is 0 Å². The van der Waals surface area contributed by atoms with Crippen molar-refractivity contribution in [1.29, 1.82) is 0 Å². The quantitative estimate of drug-likeness (QED) is 0.837. The Bertz CT molecular complexity index is 576. The Morgan fingerprint density at radius 2 is 1.95 bits per heavy atom. The number of nitrogens with two attached hydrogens (primary N) is 1. The lowest BCUT2D eigenvalue weighted by molar-refractivity contribution is 0.311. The van der Waals surface area contributed by atoms with Crippen LogP contribution < -0.4 is 5.73 Å². The van der Waals surface area contributed by atoms with Crippen LogP contribution in [-0.4, -0.2) is 38.7 Å². The summed E-state index contributed by atoms with van der Waals surface area (Å²) in [6.45, 7) is 4.94. The van der Waals surface area contributed by atoms with Gasteiger partial charge in [0, 0.05) is 26.2 Å². The topological polar surface area (TPSA) is 63.4 Å². The molecule has 0 fully saturated rings. The average molecular weight is 294 g/mol. The molecule has 110 valence electrons. The van der Waals surface area contributed by atoms with Crippen molar-refractivity contribution in [3.63, 3.8) is 0 Å². The Morgan fingerprint density at radius 3 is 2.50 bits per heavy atom. The van der Waals surface area contributed by atoms with Crippen molar-refractivity contribution in [3.05, 3.63) is 41.5 Å². The van der Waals surface area contributed by atoms with Gasteiger partial charge in [-0.3, -0.25) is 4.90 Å². The highest BCUT2D eigenvalue weighted by Crippen LogP contribution is 2.14. The van der Waals surface area contributed by atoms with Gasteiger partial charge in [0.1, 0.15) is 0 Å². The Morgan fingerprint density at radius 1 is 1.25 bits per heavy atom. The smallest absolute Gasteiger partial charge is 0.179 e. The molecule has 0 amide bonds. The summed E-state index contributed by atoms with van der Waals surface area (Å²) in [5, 5.41) is 0. The van der Waals surface area contributed by atoms with Crippen LogP contribution in [0.2, 0.25) is 0 Å². The summed E-state index contributed by atoms with van der Waals surface area (Å²) < 4.78 is 24.5. The minimum atomic E-state index is -3.20. The van der Waals surface area contributed by atoms with Gasteiger partial charge in [0.05, 0.1) is 10.6 Å². The summed E-state index contributed by atoms with van der Waals surface area (Å²) in [4.78, 5) is 2.57. The largest absolute Gasteiger partial charge is 0.326 e. The van der Waals surface area contributed by atoms with E-state index < -0.39 is 9.84 Å². The second-order valence-corrected chi connectivity index (χ2v) is 7.38. The van der Waals surface area contributed by atoms with Gasteiger partial charge >= 0.3 is 0 Å². The predicted molar refractivity (Wildman–Crippen MR) is 81.2 cm³/mol. The Labute approximate surface area is 121 Å².